The van der Waals surface area contributed by atoms with Crippen LogP contribution in [0.1, 0.15) is 44.4 Å². The van der Waals surface area contributed by atoms with Crippen LogP contribution < -0.4 is 0 Å². The minimum absolute atomic E-state index is 0.171. The molecule has 0 bridgehead atoms. The summed E-state index contributed by atoms with van der Waals surface area (Å²) in [6.45, 7) is 8.14. The minimum Gasteiger partial charge on any atom is -0.455 e. The molecule has 2 nitrogen and oxygen atoms in total. The average molecular weight is 453 g/mol. The lowest BCUT2D eigenvalue weighted by Gasteiger charge is -2.24. The van der Waals surface area contributed by atoms with Gasteiger partial charge in [-0.15, -0.1) is 0 Å². The van der Waals surface area contributed by atoms with Gasteiger partial charge in [0.05, 0.1) is 5.60 Å². The Kier molecular flexibility index (Phi) is 4.18. The summed E-state index contributed by atoms with van der Waals surface area (Å²) in [4.78, 5) is 0. The van der Waals surface area contributed by atoms with Crippen LogP contribution in [0.15, 0.2) is 77.2 Å². The monoisotopic (exact) mass is 452 g/mol. The third kappa shape index (κ3) is 2.91. The molecule has 4 aromatic carbocycles. The topological polar surface area (TPSA) is 33.4 Å². The van der Waals surface area contributed by atoms with Crippen LogP contribution in [0.4, 0.5) is 0 Å². The summed E-state index contributed by atoms with van der Waals surface area (Å²) in [6.07, 6.45) is 0. The Labute approximate surface area is 198 Å². The normalized spacial score (nSPS) is 14.6. The van der Waals surface area contributed by atoms with Crippen molar-refractivity contribution in [1.29, 1.82) is 0 Å². The quantitative estimate of drug-likeness (QED) is 0.291. The molecule has 1 aliphatic carbocycles. The highest BCUT2D eigenvalue weighted by molar-refractivity contribution is 6.30. The molecule has 164 valence electrons. The third-order valence-corrected chi connectivity index (χ3v) is 7.37. The summed E-state index contributed by atoms with van der Waals surface area (Å²) < 4.78 is 6.39. The van der Waals surface area contributed by atoms with Crippen molar-refractivity contribution < 1.29 is 9.52 Å². The van der Waals surface area contributed by atoms with Crippen molar-refractivity contribution in [2.24, 2.45) is 0 Å². The van der Waals surface area contributed by atoms with E-state index >= 15 is 0 Å². The summed E-state index contributed by atoms with van der Waals surface area (Å²) in [5.74, 6) is 0. The van der Waals surface area contributed by atoms with E-state index in [1.165, 1.54) is 22.3 Å². The molecule has 1 N–H and O–H groups in total. The molecule has 1 heterocycles. The van der Waals surface area contributed by atoms with E-state index in [0.717, 1.165) is 38.6 Å². The van der Waals surface area contributed by atoms with E-state index in [1.54, 1.807) is 13.8 Å². The van der Waals surface area contributed by atoms with Gasteiger partial charge in [-0.1, -0.05) is 74.0 Å². The maximum Gasteiger partial charge on any atom is 0.143 e. The van der Waals surface area contributed by atoms with Crippen molar-refractivity contribution in [3.63, 3.8) is 0 Å². The molecule has 1 aromatic heterocycles. The maximum absolute atomic E-state index is 10.8. The van der Waals surface area contributed by atoms with Gasteiger partial charge in [-0.05, 0) is 71.5 Å². The Hall–Kier alpha value is -3.07. The zero-order valence-corrected chi connectivity index (χ0v) is 19.9. The maximum atomic E-state index is 10.8. The van der Waals surface area contributed by atoms with Crippen molar-refractivity contribution in [2.45, 2.75) is 38.7 Å². The SMILES string of the molecule is CC(C)(O)c1cc(Cl)ccc1-c1ccc2c(c1)C(C)(C)c1ccc3c(oc4ccccc43)c1-2. The lowest BCUT2D eigenvalue weighted by Crippen LogP contribution is -2.17. The van der Waals surface area contributed by atoms with Gasteiger partial charge in [0.15, 0.2) is 0 Å². The molecule has 0 saturated carbocycles. The number of benzene rings is 4. The van der Waals surface area contributed by atoms with Gasteiger partial charge in [0.2, 0.25) is 0 Å². The molecule has 6 rings (SSSR count). The molecule has 1 aliphatic rings. The van der Waals surface area contributed by atoms with Crippen molar-refractivity contribution in [1.82, 2.24) is 0 Å². The van der Waals surface area contributed by atoms with Crippen LogP contribution in [-0.2, 0) is 11.0 Å². The molecule has 3 heteroatoms. The van der Waals surface area contributed by atoms with Gasteiger partial charge in [0.1, 0.15) is 11.2 Å². The fourth-order valence-electron chi connectivity index (χ4n) is 5.44. The highest BCUT2D eigenvalue weighted by atomic mass is 35.5. The summed E-state index contributed by atoms with van der Waals surface area (Å²) in [7, 11) is 0. The van der Waals surface area contributed by atoms with E-state index in [0.29, 0.717) is 5.02 Å². The second kappa shape index (κ2) is 6.72. The highest BCUT2D eigenvalue weighted by Crippen LogP contribution is 2.53. The van der Waals surface area contributed by atoms with Crippen LogP contribution in [0.3, 0.4) is 0 Å². The minimum atomic E-state index is -1.00. The summed E-state index contributed by atoms with van der Waals surface area (Å²) in [5, 5.41) is 13.7. The van der Waals surface area contributed by atoms with Gasteiger partial charge in [-0.2, -0.15) is 0 Å². The summed E-state index contributed by atoms with van der Waals surface area (Å²) in [6, 6.07) is 25.0. The molecular formula is C30H25ClO2. The second-order valence-corrected chi connectivity index (χ2v) is 10.5. The number of rotatable bonds is 2. The number of furan rings is 1. The molecule has 0 saturated heterocycles. The Morgan fingerprint density at radius 3 is 2.36 bits per heavy atom. The van der Waals surface area contributed by atoms with Crippen LogP contribution >= 0.6 is 11.6 Å². The zero-order chi connectivity index (χ0) is 23.1. The largest absolute Gasteiger partial charge is 0.455 e. The average Bonchev–Trinajstić information content (AvgIpc) is 3.26. The smallest absolute Gasteiger partial charge is 0.143 e. The first kappa shape index (κ1) is 20.5. The van der Waals surface area contributed by atoms with Crippen molar-refractivity contribution in [3.8, 4) is 22.3 Å². The Morgan fingerprint density at radius 1 is 0.818 bits per heavy atom. The van der Waals surface area contributed by atoms with Crippen LogP contribution in [0, 0.1) is 0 Å². The predicted molar refractivity (Wildman–Crippen MR) is 137 cm³/mol. The van der Waals surface area contributed by atoms with Gasteiger partial charge in [-0.25, -0.2) is 0 Å². The molecule has 33 heavy (non-hydrogen) atoms. The molecule has 0 atom stereocenters. The Balaban J connectivity index is 1.61. The van der Waals surface area contributed by atoms with Crippen LogP contribution in [0.5, 0.6) is 0 Å². The first-order valence-electron chi connectivity index (χ1n) is 11.3. The van der Waals surface area contributed by atoms with Crippen LogP contribution in [0.2, 0.25) is 5.02 Å². The van der Waals surface area contributed by atoms with Crippen LogP contribution in [0.25, 0.3) is 44.2 Å². The molecule has 0 unspecified atom stereocenters. The zero-order valence-electron chi connectivity index (χ0n) is 19.2. The van der Waals surface area contributed by atoms with Gasteiger partial charge >= 0.3 is 0 Å². The first-order valence-corrected chi connectivity index (χ1v) is 11.7. The summed E-state index contributed by atoms with van der Waals surface area (Å²) >= 11 is 6.28. The standard InChI is InChI=1S/C30H25ClO2/c1-29(2)23-14-13-21-20-7-5-6-8-26(20)33-28(21)27(23)22-11-9-17(15-24(22)29)19-12-10-18(31)16-25(19)30(3,4)32/h5-16,32H,1-4H3. The molecule has 0 spiro atoms. The van der Waals surface area contributed by atoms with E-state index in [4.69, 9.17) is 16.0 Å². The number of aliphatic hydroxyl groups is 1. The predicted octanol–water partition coefficient (Wildman–Crippen LogP) is 8.44. The van der Waals surface area contributed by atoms with Crippen LogP contribution in [-0.4, -0.2) is 5.11 Å². The number of hydrogen-bond donors (Lipinski definition) is 1. The van der Waals surface area contributed by atoms with E-state index in [1.807, 2.05) is 30.3 Å². The molecule has 0 fully saturated rings. The highest BCUT2D eigenvalue weighted by Gasteiger charge is 2.38. The summed E-state index contributed by atoms with van der Waals surface area (Å²) in [5.41, 5.74) is 8.53. The van der Waals surface area contributed by atoms with Gasteiger partial charge in [-0.3, -0.25) is 0 Å². The van der Waals surface area contributed by atoms with Crippen molar-refractivity contribution in [3.05, 3.63) is 94.5 Å². The van der Waals surface area contributed by atoms with E-state index < -0.39 is 5.60 Å². The van der Waals surface area contributed by atoms with E-state index in [9.17, 15) is 5.11 Å². The van der Waals surface area contributed by atoms with Gasteiger partial charge < -0.3 is 9.52 Å². The molecule has 0 radical (unpaired) electrons. The number of halogens is 1. The molecule has 0 aliphatic heterocycles. The second-order valence-electron chi connectivity index (χ2n) is 10.1. The Morgan fingerprint density at radius 2 is 1.58 bits per heavy atom. The first-order chi connectivity index (χ1) is 15.7. The fourth-order valence-corrected chi connectivity index (χ4v) is 5.62. The third-order valence-electron chi connectivity index (χ3n) is 7.13. The van der Waals surface area contributed by atoms with Crippen molar-refractivity contribution >= 4 is 33.5 Å². The van der Waals surface area contributed by atoms with Gasteiger partial charge in [0.25, 0.3) is 0 Å². The van der Waals surface area contributed by atoms with E-state index in [-0.39, 0.29) is 5.41 Å². The number of para-hydroxylation sites is 1. The number of fused-ring (bicyclic) bond motifs is 7. The number of hydrogen-bond acceptors (Lipinski definition) is 2. The fraction of sp³-hybridized carbons (Fsp3) is 0.200. The lowest BCUT2D eigenvalue weighted by atomic mass is 9.80. The van der Waals surface area contributed by atoms with Gasteiger partial charge in [0, 0.05) is 26.8 Å². The molecule has 5 aromatic rings. The molecular weight excluding hydrogens is 428 g/mol. The lowest BCUT2D eigenvalue weighted by molar-refractivity contribution is 0.0792. The van der Waals surface area contributed by atoms with Crippen molar-refractivity contribution in [2.75, 3.05) is 0 Å². The Bertz CT molecular complexity index is 1580. The van der Waals surface area contributed by atoms with E-state index in [2.05, 4.69) is 56.3 Å². The molecule has 0 amide bonds.